The average Bonchev–Trinajstić information content (AvgIpc) is 3.37. The second-order valence-corrected chi connectivity index (χ2v) is 12.3. The zero-order valence-corrected chi connectivity index (χ0v) is 23.8. The number of aryl methyl sites for hydroxylation is 2. The van der Waals surface area contributed by atoms with Crippen molar-refractivity contribution in [3.05, 3.63) is 53.6 Å². The number of ether oxygens (including phenoxy) is 1. The molecule has 1 aliphatic carbocycles. The van der Waals surface area contributed by atoms with Crippen molar-refractivity contribution in [2.24, 2.45) is 17.8 Å². The van der Waals surface area contributed by atoms with Gasteiger partial charge in [0.25, 0.3) is 0 Å². The maximum absolute atomic E-state index is 13.2. The highest BCUT2D eigenvalue weighted by molar-refractivity contribution is 9.12. The summed E-state index contributed by atoms with van der Waals surface area (Å²) in [6.07, 6.45) is 2.10. The van der Waals surface area contributed by atoms with Gasteiger partial charge in [-0.1, -0.05) is 57.0 Å². The third-order valence-electron chi connectivity index (χ3n) is 7.66. The van der Waals surface area contributed by atoms with E-state index in [-0.39, 0.29) is 52.2 Å². The van der Waals surface area contributed by atoms with Crippen LogP contribution in [0.1, 0.15) is 37.3 Å². The molecule has 5 atom stereocenters. The number of fused-ring (bicyclic) bond motifs is 1. The molecular formula is C28H28Br2N2O5. The number of carbonyl (C=O) groups excluding carboxylic acids is 4. The Balaban J connectivity index is 1.29. The Morgan fingerprint density at radius 2 is 1.62 bits per heavy atom. The van der Waals surface area contributed by atoms with Crippen molar-refractivity contribution >= 4 is 66.9 Å². The van der Waals surface area contributed by atoms with Gasteiger partial charge in [0.2, 0.25) is 17.7 Å². The Hall–Kier alpha value is -2.52. The topological polar surface area (TPSA) is 84.0 Å². The van der Waals surface area contributed by atoms with Crippen LogP contribution < -0.4 is 14.5 Å². The van der Waals surface area contributed by atoms with Crippen molar-refractivity contribution < 1.29 is 23.9 Å². The van der Waals surface area contributed by atoms with E-state index < -0.39 is 11.9 Å². The lowest BCUT2D eigenvalue weighted by molar-refractivity contribution is -0.139. The Kier molecular flexibility index (Phi) is 7.29. The van der Waals surface area contributed by atoms with Crippen LogP contribution in [0.5, 0.6) is 5.75 Å². The molecule has 0 unspecified atom stereocenters. The molecule has 5 rings (SSSR count). The minimum Gasteiger partial charge on any atom is -0.426 e. The highest BCUT2D eigenvalue weighted by Gasteiger charge is 2.52. The normalized spacial score (nSPS) is 27.6. The first-order chi connectivity index (χ1) is 17.7. The van der Waals surface area contributed by atoms with Gasteiger partial charge in [-0.25, -0.2) is 4.90 Å². The SMILES string of the molecule is CCc1ccccc1N1C[C@H](C(=O)Oc2ccc(N3C(=O)[C@H]4C[C@@H](Br)[C@@H](Br)C[C@H]4C3=O)c(C)c2)CC1=O. The van der Waals surface area contributed by atoms with Crippen molar-refractivity contribution in [2.75, 3.05) is 16.3 Å². The number of anilines is 2. The summed E-state index contributed by atoms with van der Waals surface area (Å²) >= 11 is 7.23. The van der Waals surface area contributed by atoms with Crippen LogP contribution >= 0.6 is 31.9 Å². The van der Waals surface area contributed by atoms with Crippen molar-refractivity contribution in [3.63, 3.8) is 0 Å². The van der Waals surface area contributed by atoms with Crippen LogP contribution in [-0.2, 0) is 25.6 Å². The van der Waals surface area contributed by atoms with E-state index in [0.717, 1.165) is 17.7 Å². The molecule has 0 aromatic heterocycles. The molecule has 0 bridgehead atoms. The number of rotatable bonds is 5. The molecule has 0 spiro atoms. The number of amides is 3. The molecule has 3 amide bonds. The molecule has 7 nitrogen and oxygen atoms in total. The molecule has 0 radical (unpaired) electrons. The van der Waals surface area contributed by atoms with Gasteiger partial charge in [-0.2, -0.15) is 0 Å². The van der Waals surface area contributed by atoms with E-state index in [1.54, 1.807) is 30.0 Å². The summed E-state index contributed by atoms with van der Waals surface area (Å²) in [7, 11) is 0. The predicted octanol–water partition coefficient (Wildman–Crippen LogP) is 4.94. The van der Waals surface area contributed by atoms with Crippen LogP contribution in [0.2, 0.25) is 0 Å². The molecule has 1 saturated carbocycles. The molecule has 3 fully saturated rings. The second-order valence-electron chi connectivity index (χ2n) is 9.99. The summed E-state index contributed by atoms with van der Waals surface area (Å²) in [5.74, 6) is -1.83. The minimum absolute atomic E-state index is 0.0939. The van der Waals surface area contributed by atoms with Gasteiger partial charge in [0.1, 0.15) is 5.75 Å². The predicted molar refractivity (Wildman–Crippen MR) is 147 cm³/mol. The number of halogens is 2. The fourth-order valence-electron chi connectivity index (χ4n) is 5.65. The van der Waals surface area contributed by atoms with E-state index in [2.05, 4.69) is 31.9 Å². The van der Waals surface area contributed by atoms with Gasteiger partial charge in [0, 0.05) is 28.3 Å². The minimum atomic E-state index is -0.573. The van der Waals surface area contributed by atoms with Crippen molar-refractivity contribution in [3.8, 4) is 5.75 Å². The maximum atomic E-state index is 13.2. The van der Waals surface area contributed by atoms with E-state index >= 15 is 0 Å². The Morgan fingerprint density at radius 1 is 0.973 bits per heavy atom. The molecule has 9 heteroatoms. The third-order valence-corrected chi connectivity index (χ3v) is 10.4. The molecule has 2 aromatic rings. The molecule has 2 aromatic carbocycles. The fourth-order valence-corrected chi connectivity index (χ4v) is 6.88. The number of hydrogen-bond acceptors (Lipinski definition) is 5. The monoisotopic (exact) mass is 630 g/mol. The third kappa shape index (κ3) is 4.76. The first-order valence-electron chi connectivity index (χ1n) is 12.6. The average molecular weight is 632 g/mol. The van der Waals surface area contributed by atoms with E-state index in [1.807, 2.05) is 31.2 Å². The van der Waals surface area contributed by atoms with E-state index in [0.29, 0.717) is 29.8 Å². The van der Waals surface area contributed by atoms with Gasteiger partial charge in [-0.3, -0.25) is 19.2 Å². The summed E-state index contributed by atoms with van der Waals surface area (Å²) in [5.41, 5.74) is 3.07. The van der Waals surface area contributed by atoms with Crippen LogP contribution in [-0.4, -0.2) is 39.9 Å². The number of hydrogen-bond donors (Lipinski definition) is 0. The van der Waals surface area contributed by atoms with Crippen molar-refractivity contribution in [1.29, 1.82) is 0 Å². The summed E-state index contributed by atoms with van der Waals surface area (Å²) in [6.45, 7) is 4.10. The zero-order valence-electron chi connectivity index (χ0n) is 20.7. The number of carbonyl (C=O) groups is 4. The zero-order chi connectivity index (χ0) is 26.4. The highest BCUT2D eigenvalue weighted by Crippen LogP contribution is 2.45. The van der Waals surface area contributed by atoms with E-state index in [9.17, 15) is 19.2 Å². The Bertz CT molecular complexity index is 1250. The Labute approximate surface area is 232 Å². The van der Waals surface area contributed by atoms with Crippen LogP contribution in [0.3, 0.4) is 0 Å². The van der Waals surface area contributed by atoms with Crippen LogP contribution in [0, 0.1) is 24.7 Å². The lowest BCUT2D eigenvalue weighted by Gasteiger charge is -2.29. The van der Waals surface area contributed by atoms with Gasteiger partial charge in [0.15, 0.2) is 0 Å². The quantitative estimate of drug-likeness (QED) is 0.202. The summed E-state index contributed by atoms with van der Waals surface area (Å²) in [5, 5.41) is 0. The van der Waals surface area contributed by atoms with Gasteiger partial charge < -0.3 is 9.64 Å². The molecule has 3 aliphatic rings. The molecule has 2 heterocycles. The largest absolute Gasteiger partial charge is 0.426 e. The first kappa shape index (κ1) is 26.1. The van der Waals surface area contributed by atoms with Crippen LogP contribution in [0.25, 0.3) is 0 Å². The first-order valence-corrected chi connectivity index (χ1v) is 14.4. The second kappa shape index (κ2) is 10.3. The summed E-state index contributed by atoms with van der Waals surface area (Å²) < 4.78 is 5.64. The number of imide groups is 1. The van der Waals surface area contributed by atoms with Gasteiger partial charge >= 0.3 is 5.97 Å². The lowest BCUT2D eigenvalue weighted by Crippen LogP contribution is -2.34. The molecule has 0 N–H and O–H groups in total. The number of alkyl halides is 2. The summed E-state index contributed by atoms with van der Waals surface area (Å²) in [4.78, 5) is 55.2. The van der Waals surface area contributed by atoms with Crippen LogP contribution in [0.4, 0.5) is 11.4 Å². The van der Waals surface area contributed by atoms with Crippen molar-refractivity contribution in [1.82, 2.24) is 0 Å². The fraction of sp³-hybridized carbons (Fsp3) is 0.429. The highest BCUT2D eigenvalue weighted by atomic mass is 79.9. The van der Waals surface area contributed by atoms with Crippen molar-refractivity contribution in [2.45, 2.75) is 49.2 Å². The van der Waals surface area contributed by atoms with Crippen LogP contribution in [0.15, 0.2) is 42.5 Å². The molecule has 2 saturated heterocycles. The lowest BCUT2D eigenvalue weighted by atomic mass is 9.81. The number of esters is 1. The van der Waals surface area contributed by atoms with Gasteiger partial charge in [-0.05, 0) is 61.6 Å². The Morgan fingerprint density at radius 3 is 2.24 bits per heavy atom. The molecule has 2 aliphatic heterocycles. The summed E-state index contributed by atoms with van der Waals surface area (Å²) in [6, 6.07) is 12.6. The number of benzene rings is 2. The molecule has 194 valence electrons. The number of nitrogens with zero attached hydrogens (tertiary/aromatic N) is 2. The molecular weight excluding hydrogens is 604 g/mol. The number of para-hydroxylation sites is 1. The van der Waals surface area contributed by atoms with Gasteiger partial charge in [0.05, 0.1) is 23.4 Å². The standard InChI is InChI=1S/C28H28Br2N2O5/c1-3-16-6-4-5-7-24(16)31-14-17(11-25(31)33)28(36)37-18-8-9-23(15(2)10-18)32-26(34)19-12-21(29)22(30)13-20(19)27(32)35/h4-10,17,19-22H,3,11-14H2,1-2H3/t17-,19-,20+,21+,22-/m1/s1. The van der Waals surface area contributed by atoms with E-state index in [1.165, 1.54) is 4.90 Å². The maximum Gasteiger partial charge on any atom is 0.316 e. The van der Waals surface area contributed by atoms with E-state index in [4.69, 9.17) is 4.74 Å². The smallest absolute Gasteiger partial charge is 0.316 e. The van der Waals surface area contributed by atoms with Gasteiger partial charge in [-0.15, -0.1) is 0 Å². The molecule has 37 heavy (non-hydrogen) atoms.